The first-order valence-electron chi connectivity index (χ1n) is 6.86. The van der Waals surface area contributed by atoms with Gasteiger partial charge in [0.2, 0.25) is 0 Å². The van der Waals surface area contributed by atoms with Gasteiger partial charge in [-0.25, -0.2) is 0 Å². The SMILES string of the molecule is CNC(c1c(C)cnn1C)C1(N(C)C)CCCC1. The molecule has 0 aromatic carbocycles. The molecule has 18 heavy (non-hydrogen) atoms. The van der Waals surface area contributed by atoms with Crippen LogP contribution in [-0.2, 0) is 7.05 Å². The van der Waals surface area contributed by atoms with Crippen molar-refractivity contribution in [3.63, 3.8) is 0 Å². The second kappa shape index (κ2) is 5.02. The van der Waals surface area contributed by atoms with Gasteiger partial charge in [0, 0.05) is 12.6 Å². The van der Waals surface area contributed by atoms with Crippen molar-refractivity contribution in [2.24, 2.45) is 7.05 Å². The Balaban J connectivity index is 2.44. The van der Waals surface area contributed by atoms with Gasteiger partial charge >= 0.3 is 0 Å². The summed E-state index contributed by atoms with van der Waals surface area (Å²) in [5.74, 6) is 0. The largest absolute Gasteiger partial charge is 0.310 e. The topological polar surface area (TPSA) is 33.1 Å². The molecule has 102 valence electrons. The van der Waals surface area contributed by atoms with Gasteiger partial charge < -0.3 is 10.2 Å². The number of aromatic nitrogens is 2. The van der Waals surface area contributed by atoms with E-state index in [-0.39, 0.29) is 5.54 Å². The van der Waals surface area contributed by atoms with Gasteiger partial charge in [-0.2, -0.15) is 5.10 Å². The second-order valence-electron chi connectivity index (χ2n) is 5.76. The third kappa shape index (κ3) is 1.97. The Morgan fingerprint density at radius 3 is 2.39 bits per heavy atom. The predicted octanol–water partition coefficient (Wildman–Crippen LogP) is 1.86. The Kier molecular flexibility index (Phi) is 3.78. The summed E-state index contributed by atoms with van der Waals surface area (Å²) in [5, 5.41) is 7.95. The molecule has 0 amide bonds. The Bertz CT molecular complexity index is 382. The molecular weight excluding hydrogens is 224 g/mol. The highest BCUT2D eigenvalue weighted by Crippen LogP contribution is 2.43. The Morgan fingerprint density at radius 1 is 1.39 bits per heavy atom. The highest BCUT2D eigenvalue weighted by atomic mass is 15.3. The van der Waals surface area contributed by atoms with Gasteiger partial charge in [-0.1, -0.05) is 12.8 Å². The van der Waals surface area contributed by atoms with E-state index in [1.165, 1.54) is 36.9 Å². The molecule has 4 nitrogen and oxygen atoms in total. The minimum Gasteiger partial charge on any atom is -0.310 e. The van der Waals surface area contributed by atoms with Gasteiger partial charge in [0.25, 0.3) is 0 Å². The van der Waals surface area contributed by atoms with Crippen LogP contribution in [0.1, 0.15) is 43.0 Å². The first kappa shape index (κ1) is 13.6. The molecule has 1 aliphatic rings. The summed E-state index contributed by atoms with van der Waals surface area (Å²) in [6, 6.07) is 0.350. The predicted molar refractivity (Wildman–Crippen MR) is 74.6 cm³/mol. The molecule has 0 saturated heterocycles. The minimum absolute atomic E-state index is 0.229. The fourth-order valence-corrected chi connectivity index (χ4v) is 3.61. The lowest BCUT2D eigenvalue weighted by Crippen LogP contribution is -2.52. The van der Waals surface area contributed by atoms with Gasteiger partial charge in [0.1, 0.15) is 0 Å². The normalized spacial score (nSPS) is 20.6. The maximum absolute atomic E-state index is 4.41. The highest BCUT2D eigenvalue weighted by molar-refractivity contribution is 5.24. The first-order chi connectivity index (χ1) is 8.53. The fraction of sp³-hybridized carbons (Fsp3) is 0.786. The van der Waals surface area contributed by atoms with Crippen molar-refractivity contribution in [3.8, 4) is 0 Å². The molecule has 1 atom stereocenters. The summed E-state index contributed by atoms with van der Waals surface area (Å²) in [6.07, 6.45) is 7.14. The van der Waals surface area contributed by atoms with Gasteiger partial charge in [-0.05, 0) is 46.5 Å². The maximum Gasteiger partial charge on any atom is 0.0678 e. The van der Waals surface area contributed by atoms with Crippen LogP contribution < -0.4 is 5.32 Å². The lowest BCUT2D eigenvalue weighted by atomic mass is 9.83. The number of rotatable bonds is 4. The molecule has 0 bridgehead atoms. The van der Waals surface area contributed by atoms with Gasteiger partial charge in [-0.3, -0.25) is 4.68 Å². The average Bonchev–Trinajstić information content (AvgIpc) is 2.92. The monoisotopic (exact) mass is 250 g/mol. The molecular formula is C14H26N4. The number of nitrogens with zero attached hydrogens (tertiary/aromatic N) is 3. The van der Waals surface area contributed by atoms with Crippen LogP contribution >= 0.6 is 0 Å². The molecule has 1 aliphatic carbocycles. The number of hydrogen-bond donors (Lipinski definition) is 1. The number of nitrogens with one attached hydrogen (secondary N) is 1. The van der Waals surface area contributed by atoms with Crippen molar-refractivity contribution < 1.29 is 0 Å². The summed E-state index contributed by atoms with van der Waals surface area (Å²) in [5.41, 5.74) is 2.84. The van der Waals surface area contributed by atoms with Crippen molar-refractivity contribution in [3.05, 3.63) is 17.5 Å². The average molecular weight is 250 g/mol. The fourth-order valence-electron chi connectivity index (χ4n) is 3.61. The van der Waals surface area contributed by atoms with Crippen LogP contribution in [0.15, 0.2) is 6.20 Å². The molecule has 4 heteroatoms. The Hall–Kier alpha value is -0.870. The molecule has 0 spiro atoms. The van der Waals surface area contributed by atoms with Crippen LogP contribution in [0.3, 0.4) is 0 Å². The quantitative estimate of drug-likeness (QED) is 0.885. The second-order valence-corrected chi connectivity index (χ2v) is 5.76. The van der Waals surface area contributed by atoms with Crippen molar-refractivity contribution in [1.82, 2.24) is 20.0 Å². The maximum atomic E-state index is 4.41. The smallest absolute Gasteiger partial charge is 0.0678 e. The molecule has 1 aromatic heterocycles. The Labute approximate surface area is 110 Å². The molecule has 1 N–H and O–H groups in total. The van der Waals surface area contributed by atoms with E-state index in [2.05, 4.69) is 43.4 Å². The van der Waals surface area contributed by atoms with Crippen molar-refractivity contribution in [2.75, 3.05) is 21.1 Å². The van der Waals surface area contributed by atoms with Crippen LogP contribution in [-0.4, -0.2) is 41.4 Å². The number of likely N-dealkylation sites (N-methyl/N-ethyl adjacent to an activating group) is 2. The molecule has 1 saturated carbocycles. The number of hydrogen-bond acceptors (Lipinski definition) is 3. The van der Waals surface area contributed by atoms with E-state index >= 15 is 0 Å². The Morgan fingerprint density at radius 2 is 2.00 bits per heavy atom. The third-order valence-corrected chi connectivity index (χ3v) is 4.64. The van der Waals surface area contributed by atoms with E-state index in [1.807, 2.05) is 17.9 Å². The van der Waals surface area contributed by atoms with E-state index in [0.29, 0.717) is 6.04 Å². The van der Waals surface area contributed by atoms with Crippen molar-refractivity contribution >= 4 is 0 Å². The molecule has 1 heterocycles. The molecule has 1 unspecified atom stereocenters. The van der Waals surface area contributed by atoms with Crippen LogP contribution in [0.4, 0.5) is 0 Å². The lowest BCUT2D eigenvalue weighted by Gasteiger charge is -2.43. The summed E-state index contributed by atoms with van der Waals surface area (Å²) >= 11 is 0. The van der Waals surface area contributed by atoms with Crippen LogP contribution in [0.5, 0.6) is 0 Å². The zero-order chi connectivity index (χ0) is 13.3. The highest BCUT2D eigenvalue weighted by Gasteiger charge is 2.44. The zero-order valence-corrected chi connectivity index (χ0v) is 12.3. The minimum atomic E-state index is 0.229. The third-order valence-electron chi connectivity index (χ3n) is 4.64. The summed E-state index contributed by atoms with van der Waals surface area (Å²) in [4.78, 5) is 2.41. The van der Waals surface area contributed by atoms with E-state index in [0.717, 1.165) is 0 Å². The molecule has 1 aromatic rings. The first-order valence-corrected chi connectivity index (χ1v) is 6.86. The summed E-state index contributed by atoms with van der Waals surface area (Å²) in [7, 11) is 8.54. The number of aryl methyl sites for hydroxylation is 2. The summed E-state index contributed by atoms with van der Waals surface area (Å²) in [6.45, 7) is 2.16. The van der Waals surface area contributed by atoms with E-state index in [9.17, 15) is 0 Å². The van der Waals surface area contributed by atoms with Gasteiger partial charge in [0.15, 0.2) is 0 Å². The van der Waals surface area contributed by atoms with Crippen LogP contribution in [0.25, 0.3) is 0 Å². The van der Waals surface area contributed by atoms with Crippen LogP contribution in [0.2, 0.25) is 0 Å². The molecule has 0 radical (unpaired) electrons. The van der Waals surface area contributed by atoms with Crippen molar-refractivity contribution in [1.29, 1.82) is 0 Å². The molecule has 0 aliphatic heterocycles. The lowest BCUT2D eigenvalue weighted by molar-refractivity contribution is 0.104. The molecule has 1 fully saturated rings. The van der Waals surface area contributed by atoms with Crippen LogP contribution in [0, 0.1) is 6.92 Å². The van der Waals surface area contributed by atoms with Gasteiger partial charge in [0.05, 0.1) is 17.9 Å². The summed E-state index contributed by atoms with van der Waals surface area (Å²) < 4.78 is 2.03. The van der Waals surface area contributed by atoms with Crippen molar-refractivity contribution in [2.45, 2.75) is 44.2 Å². The van der Waals surface area contributed by atoms with E-state index in [4.69, 9.17) is 0 Å². The zero-order valence-electron chi connectivity index (χ0n) is 12.3. The van der Waals surface area contributed by atoms with E-state index in [1.54, 1.807) is 0 Å². The van der Waals surface area contributed by atoms with E-state index < -0.39 is 0 Å². The molecule has 2 rings (SSSR count). The standard InChI is InChI=1S/C14H26N4/c1-11-10-16-18(5)12(11)13(15-2)14(17(3)4)8-6-7-9-14/h10,13,15H,6-9H2,1-5H3. The van der Waals surface area contributed by atoms with Gasteiger partial charge in [-0.15, -0.1) is 0 Å².